The SMILES string of the molecule is CC1CC2CC(CCCS(=O)(=O)O)CC(C1)C2. The zero-order chi connectivity index (χ0) is 12.5. The Kier molecular flexibility index (Phi) is 4.14. The predicted molar refractivity (Wildman–Crippen MR) is 68.4 cm³/mol. The van der Waals surface area contributed by atoms with E-state index < -0.39 is 10.1 Å². The molecule has 0 aromatic rings. The fourth-order valence-corrected chi connectivity index (χ4v) is 4.64. The van der Waals surface area contributed by atoms with Gasteiger partial charge in [-0.15, -0.1) is 0 Å². The molecule has 0 radical (unpaired) electrons. The van der Waals surface area contributed by atoms with Crippen LogP contribution in [0.4, 0.5) is 0 Å². The Balaban J connectivity index is 1.77. The molecule has 2 atom stereocenters. The second-order valence-electron chi connectivity index (χ2n) is 6.31. The maximum Gasteiger partial charge on any atom is 0.264 e. The van der Waals surface area contributed by atoms with Gasteiger partial charge in [0, 0.05) is 0 Å². The van der Waals surface area contributed by atoms with E-state index in [1.165, 1.54) is 32.1 Å². The van der Waals surface area contributed by atoms with Crippen molar-refractivity contribution in [1.82, 2.24) is 0 Å². The molecule has 4 heteroatoms. The van der Waals surface area contributed by atoms with Crippen LogP contribution in [-0.2, 0) is 10.1 Å². The van der Waals surface area contributed by atoms with Crippen molar-refractivity contribution in [2.24, 2.45) is 23.7 Å². The largest absolute Gasteiger partial charge is 0.286 e. The normalized spacial score (nSPS) is 38.0. The average molecular weight is 260 g/mol. The molecule has 2 aliphatic carbocycles. The minimum absolute atomic E-state index is 0.0603. The Labute approximate surface area is 105 Å². The van der Waals surface area contributed by atoms with Crippen LogP contribution in [0.25, 0.3) is 0 Å². The van der Waals surface area contributed by atoms with Crippen molar-refractivity contribution in [3.05, 3.63) is 0 Å². The summed E-state index contributed by atoms with van der Waals surface area (Å²) in [6.07, 6.45) is 8.30. The first-order valence-corrected chi connectivity index (χ1v) is 8.48. The van der Waals surface area contributed by atoms with Gasteiger partial charge >= 0.3 is 0 Å². The molecule has 0 heterocycles. The quantitative estimate of drug-likeness (QED) is 0.790. The molecule has 3 nitrogen and oxygen atoms in total. The molecule has 0 aliphatic heterocycles. The maximum absolute atomic E-state index is 10.7. The molecular formula is C13H24O3S. The first-order valence-electron chi connectivity index (χ1n) is 6.87. The van der Waals surface area contributed by atoms with E-state index in [1.54, 1.807) is 0 Å². The van der Waals surface area contributed by atoms with Crippen molar-refractivity contribution in [2.45, 2.75) is 51.9 Å². The second kappa shape index (κ2) is 5.27. The molecule has 2 saturated carbocycles. The third-order valence-corrected chi connectivity index (χ3v) is 5.29. The first-order chi connectivity index (χ1) is 7.92. The molecule has 2 rings (SSSR count). The molecule has 17 heavy (non-hydrogen) atoms. The summed E-state index contributed by atoms with van der Waals surface area (Å²) < 4.78 is 30.1. The molecular weight excluding hydrogens is 236 g/mol. The molecule has 2 bridgehead atoms. The Morgan fingerprint density at radius 3 is 2.18 bits per heavy atom. The fraction of sp³-hybridized carbons (Fsp3) is 1.00. The van der Waals surface area contributed by atoms with Crippen LogP contribution in [0.5, 0.6) is 0 Å². The van der Waals surface area contributed by atoms with E-state index in [1.807, 2.05) is 0 Å². The zero-order valence-corrected chi connectivity index (χ0v) is 11.5. The van der Waals surface area contributed by atoms with Crippen LogP contribution in [0.2, 0.25) is 0 Å². The van der Waals surface area contributed by atoms with Crippen LogP contribution in [0, 0.1) is 23.7 Å². The zero-order valence-electron chi connectivity index (χ0n) is 10.6. The van der Waals surface area contributed by atoms with Gasteiger partial charge in [-0.1, -0.05) is 6.92 Å². The summed E-state index contributed by atoms with van der Waals surface area (Å²) in [4.78, 5) is 0. The summed E-state index contributed by atoms with van der Waals surface area (Å²) in [5.41, 5.74) is 0. The minimum atomic E-state index is -3.75. The lowest BCUT2D eigenvalue weighted by atomic mass is 9.64. The molecule has 0 aromatic carbocycles. The molecule has 2 aliphatic rings. The van der Waals surface area contributed by atoms with Gasteiger partial charge in [-0.05, 0) is 68.6 Å². The van der Waals surface area contributed by atoms with Gasteiger partial charge in [0.25, 0.3) is 10.1 Å². The monoisotopic (exact) mass is 260 g/mol. The van der Waals surface area contributed by atoms with Crippen LogP contribution in [0.15, 0.2) is 0 Å². The number of hydrogen-bond donors (Lipinski definition) is 1. The number of hydrogen-bond acceptors (Lipinski definition) is 2. The average Bonchev–Trinajstić information content (AvgIpc) is 2.13. The summed E-state index contributed by atoms with van der Waals surface area (Å²) >= 11 is 0. The highest BCUT2D eigenvalue weighted by Crippen LogP contribution is 2.45. The molecule has 2 fully saturated rings. The van der Waals surface area contributed by atoms with Crippen molar-refractivity contribution < 1.29 is 13.0 Å². The van der Waals surface area contributed by atoms with Crippen molar-refractivity contribution >= 4 is 10.1 Å². The summed E-state index contributed by atoms with van der Waals surface area (Å²) in [6, 6.07) is 0. The molecule has 0 amide bonds. The lowest BCUT2D eigenvalue weighted by molar-refractivity contribution is 0.0996. The van der Waals surface area contributed by atoms with Gasteiger partial charge in [-0.2, -0.15) is 8.42 Å². The third-order valence-electron chi connectivity index (χ3n) is 4.49. The fourth-order valence-electron chi connectivity index (χ4n) is 4.11. The highest BCUT2D eigenvalue weighted by molar-refractivity contribution is 7.85. The molecule has 0 saturated heterocycles. The molecule has 2 unspecified atom stereocenters. The highest BCUT2D eigenvalue weighted by Gasteiger charge is 2.34. The van der Waals surface area contributed by atoms with Gasteiger partial charge in [-0.3, -0.25) is 4.55 Å². The van der Waals surface area contributed by atoms with Crippen molar-refractivity contribution in [3.63, 3.8) is 0 Å². The van der Waals surface area contributed by atoms with E-state index in [0.717, 1.165) is 24.2 Å². The number of fused-ring (bicyclic) bond motifs is 2. The summed E-state index contributed by atoms with van der Waals surface area (Å²) in [5.74, 6) is 3.29. The maximum atomic E-state index is 10.7. The molecule has 1 N–H and O–H groups in total. The summed E-state index contributed by atoms with van der Waals surface area (Å²) in [7, 11) is -3.75. The molecule has 0 spiro atoms. The van der Waals surface area contributed by atoms with Crippen molar-refractivity contribution in [3.8, 4) is 0 Å². The van der Waals surface area contributed by atoms with Gasteiger partial charge < -0.3 is 0 Å². The smallest absolute Gasteiger partial charge is 0.264 e. The molecule has 100 valence electrons. The van der Waals surface area contributed by atoms with E-state index in [4.69, 9.17) is 4.55 Å². The number of rotatable bonds is 4. The Morgan fingerprint density at radius 2 is 1.65 bits per heavy atom. The van der Waals surface area contributed by atoms with Crippen LogP contribution >= 0.6 is 0 Å². The van der Waals surface area contributed by atoms with E-state index >= 15 is 0 Å². The lowest BCUT2D eigenvalue weighted by Crippen LogP contribution is -2.30. The highest BCUT2D eigenvalue weighted by atomic mass is 32.2. The van der Waals surface area contributed by atoms with Gasteiger partial charge in [0.1, 0.15) is 0 Å². The Hall–Kier alpha value is -0.0900. The third kappa shape index (κ3) is 4.25. The van der Waals surface area contributed by atoms with Gasteiger partial charge in [0.05, 0.1) is 5.75 Å². The van der Waals surface area contributed by atoms with Gasteiger partial charge in [0.15, 0.2) is 0 Å². The summed E-state index contributed by atoms with van der Waals surface area (Å²) in [6.45, 7) is 2.36. The van der Waals surface area contributed by atoms with Crippen LogP contribution in [0.1, 0.15) is 51.9 Å². The second-order valence-corrected chi connectivity index (χ2v) is 7.88. The standard InChI is InChI=1S/C13H24O3S/c1-10-5-12-7-11(8-13(6-10)9-12)3-2-4-17(14,15)16/h10-13H,2-9H2,1H3,(H,14,15,16). The van der Waals surface area contributed by atoms with E-state index in [0.29, 0.717) is 12.3 Å². The lowest BCUT2D eigenvalue weighted by Gasteiger charge is -2.41. The van der Waals surface area contributed by atoms with Crippen LogP contribution in [0.3, 0.4) is 0 Å². The van der Waals surface area contributed by atoms with Crippen LogP contribution < -0.4 is 0 Å². The minimum Gasteiger partial charge on any atom is -0.286 e. The van der Waals surface area contributed by atoms with Gasteiger partial charge in [-0.25, -0.2) is 0 Å². The van der Waals surface area contributed by atoms with Crippen LogP contribution in [-0.4, -0.2) is 18.7 Å². The Morgan fingerprint density at radius 1 is 1.06 bits per heavy atom. The predicted octanol–water partition coefficient (Wildman–Crippen LogP) is 3.12. The van der Waals surface area contributed by atoms with Crippen molar-refractivity contribution in [2.75, 3.05) is 5.75 Å². The van der Waals surface area contributed by atoms with E-state index in [-0.39, 0.29) is 5.75 Å². The van der Waals surface area contributed by atoms with E-state index in [2.05, 4.69) is 6.92 Å². The van der Waals surface area contributed by atoms with Gasteiger partial charge in [0.2, 0.25) is 0 Å². The Bertz CT molecular complexity index is 332. The first kappa shape index (κ1) is 13.3. The topological polar surface area (TPSA) is 54.4 Å². The van der Waals surface area contributed by atoms with Crippen molar-refractivity contribution in [1.29, 1.82) is 0 Å². The molecule has 0 aromatic heterocycles. The summed E-state index contributed by atoms with van der Waals surface area (Å²) in [5, 5.41) is 0. The van der Waals surface area contributed by atoms with E-state index in [9.17, 15) is 8.42 Å².